The van der Waals surface area contributed by atoms with Crippen molar-refractivity contribution in [3.05, 3.63) is 143 Å². The zero-order valence-electron chi connectivity index (χ0n) is 22.8. The fraction of sp³-hybridized carbons (Fsp3) is 0.0588. The molecule has 5 aromatic carbocycles. The van der Waals surface area contributed by atoms with Crippen LogP contribution in [0.2, 0.25) is 0 Å². The predicted octanol–water partition coefficient (Wildman–Crippen LogP) is 7.17. The van der Waals surface area contributed by atoms with Crippen LogP contribution < -0.4 is 9.47 Å². The summed E-state index contributed by atoms with van der Waals surface area (Å²) in [5, 5.41) is 0. The standard InChI is InChI=1S/C34H26O7S/c1-22-9-18-31(32(19-22)34(36)26-5-3-8-30(20-26)42(37,38)39)23-10-12-24(13-11-23)33(35)25-14-16-27(17-15-25)41-29-7-4-6-28(21-29)40-2/h3-21H,1-2H3,(H,37,38,39). The second-order valence-electron chi connectivity index (χ2n) is 9.59. The molecule has 0 fully saturated rings. The summed E-state index contributed by atoms with van der Waals surface area (Å²) < 4.78 is 43.7. The Kier molecular flexibility index (Phi) is 8.01. The number of hydrogen-bond donors (Lipinski definition) is 1. The molecule has 0 spiro atoms. The summed E-state index contributed by atoms with van der Waals surface area (Å²) in [5.74, 6) is 1.31. The highest BCUT2D eigenvalue weighted by Gasteiger charge is 2.19. The molecule has 0 aliphatic rings. The van der Waals surface area contributed by atoms with Crippen molar-refractivity contribution < 1.29 is 32.0 Å². The minimum atomic E-state index is -4.46. The lowest BCUT2D eigenvalue weighted by Gasteiger charge is -2.12. The van der Waals surface area contributed by atoms with Crippen LogP contribution in [-0.2, 0) is 10.1 Å². The number of hydrogen-bond acceptors (Lipinski definition) is 6. The van der Waals surface area contributed by atoms with Gasteiger partial charge in [-0.05, 0) is 72.6 Å². The van der Waals surface area contributed by atoms with E-state index in [0.717, 1.165) is 11.6 Å². The molecule has 1 N–H and O–H groups in total. The largest absolute Gasteiger partial charge is 0.497 e. The van der Waals surface area contributed by atoms with Gasteiger partial charge in [0, 0.05) is 28.3 Å². The predicted molar refractivity (Wildman–Crippen MR) is 159 cm³/mol. The first-order valence-corrected chi connectivity index (χ1v) is 14.4. The summed E-state index contributed by atoms with van der Waals surface area (Å²) in [6.07, 6.45) is 0. The summed E-state index contributed by atoms with van der Waals surface area (Å²) in [4.78, 5) is 26.3. The van der Waals surface area contributed by atoms with E-state index in [1.54, 1.807) is 67.8 Å². The zero-order valence-corrected chi connectivity index (χ0v) is 23.6. The molecule has 0 heterocycles. The molecule has 0 unspecified atom stereocenters. The molecule has 0 atom stereocenters. The smallest absolute Gasteiger partial charge is 0.294 e. The van der Waals surface area contributed by atoms with Gasteiger partial charge in [-0.3, -0.25) is 14.1 Å². The van der Waals surface area contributed by atoms with Crippen molar-refractivity contribution in [2.24, 2.45) is 0 Å². The molecular formula is C34H26O7S. The van der Waals surface area contributed by atoms with Gasteiger partial charge in [-0.2, -0.15) is 8.42 Å². The summed E-state index contributed by atoms with van der Waals surface area (Å²) >= 11 is 0. The molecule has 42 heavy (non-hydrogen) atoms. The Morgan fingerprint density at radius 3 is 1.95 bits per heavy atom. The first kappa shape index (κ1) is 28.5. The number of benzene rings is 5. The molecular weight excluding hydrogens is 552 g/mol. The molecule has 0 radical (unpaired) electrons. The molecule has 5 aromatic rings. The number of ether oxygens (including phenoxy) is 2. The number of methoxy groups -OCH3 is 1. The van der Waals surface area contributed by atoms with Crippen molar-refractivity contribution in [3.63, 3.8) is 0 Å². The van der Waals surface area contributed by atoms with Crippen LogP contribution in [0.3, 0.4) is 0 Å². The molecule has 0 aromatic heterocycles. The molecule has 0 aliphatic carbocycles. The fourth-order valence-corrected chi connectivity index (χ4v) is 5.02. The molecule has 0 bridgehead atoms. The summed E-state index contributed by atoms with van der Waals surface area (Å²) in [7, 11) is -2.88. The summed E-state index contributed by atoms with van der Waals surface area (Å²) in [6, 6.07) is 31.7. The van der Waals surface area contributed by atoms with Crippen LogP contribution in [0, 0.1) is 6.92 Å². The fourth-order valence-electron chi connectivity index (χ4n) is 4.49. The normalized spacial score (nSPS) is 11.1. The van der Waals surface area contributed by atoms with E-state index >= 15 is 0 Å². The third-order valence-corrected chi connectivity index (χ3v) is 7.51. The van der Waals surface area contributed by atoms with Crippen LogP contribution in [0.4, 0.5) is 0 Å². The van der Waals surface area contributed by atoms with Crippen LogP contribution in [0.25, 0.3) is 11.1 Å². The highest BCUT2D eigenvalue weighted by Crippen LogP contribution is 2.29. The van der Waals surface area contributed by atoms with Crippen LogP contribution in [-0.4, -0.2) is 31.6 Å². The molecule has 210 valence electrons. The number of carbonyl (C=O) groups excluding carboxylic acids is 2. The van der Waals surface area contributed by atoms with Gasteiger partial charge in [0.25, 0.3) is 10.1 Å². The van der Waals surface area contributed by atoms with Gasteiger partial charge >= 0.3 is 0 Å². The minimum Gasteiger partial charge on any atom is -0.497 e. The topological polar surface area (TPSA) is 107 Å². The van der Waals surface area contributed by atoms with Gasteiger partial charge in [0.15, 0.2) is 11.6 Å². The van der Waals surface area contributed by atoms with Crippen molar-refractivity contribution in [2.45, 2.75) is 11.8 Å². The van der Waals surface area contributed by atoms with E-state index in [2.05, 4.69) is 0 Å². The zero-order chi connectivity index (χ0) is 29.9. The second kappa shape index (κ2) is 11.8. The first-order chi connectivity index (χ1) is 20.1. The van der Waals surface area contributed by atoms with E-state index in [4.69, 9.17) is 9.47 Å². The molecule has 8 heteroatoms. The van der Waals surface area contributed by atoms with Gasteiger partial charge in [0.05, 0.1) is 12.0 Å². The Bertz CT molecular complexity index is 1890. The molecule has 0 amide bonds. The van der Waals surface area contributed by atoms with Crippen LogP contribution in [0.15, 0.2) is 120 Å². The van der Waals surface area contributed by atoms with Crippen LogP contribution in [0.5, 0.6) is 17.2 Å². The second-order valence-corrected chi connectivity index (χ2v) is 11.0. The van der Waals surface area contributed by atoms with Crippen LogP contribution >= 0.6 is 0 Å². The maximum absolute atomic E-state index is 13.5. The SMILES string of the molecule is COc1cccc(Oc2ccc(C(=O)c3ccc(-c4ccc(C)cc4C(=O)c4cccc(S(=O)(=O)O)c4)cc3)cc2)c1. The average molecular weight is 579 g/mol. The maximum Gasteiger partial charge on any atom is 0.294 e. The Morgan fingerprint density at radius 1 is 0.643 bits per heavy atom. The van der Waals surface area contributed by atoms with E-state index in [1.807, 2.05) is 37.3 Å². The monoisotopic (exact) mass is 578 g/mol. The Balaban J connectivity index is 1.37. The van der Waals surface area contributed by atoms with E-state index in [-0.39, 0.29) is 16.2 Å². The van der Waals surface area contributed by atoms with Crippen LogP contribution in [0.1, 0.15) is 37.4 Å². The van der Waals surface area contributed by atoms with Crippen molar-refractivity contribution >= 4 is 21.7 Å². The van der Waals surface area contributed by atoms with Crippen molar-refractivity contribution in [1.82, 2.24) is 0 Å². The minimum absolute atomic E-state index is 0.127. The number of carbonyl (C=O) groups is 2. The number of aryl methyl sites for hydroxylation is 1. The summed E-state index contributed by atoms with van der Waals surface area (Å²) in [6.45, 7) is 1.85. The third kappa shape index (κ3) is 6.30. The molecule has 5 rings (SSSR count). The molecule has 0 aliphatic heterocycles. The van der Waals surface area contributed by atoms with E-state index in [0.29, 0.717) is 45.1 Å². The molecule has 0 saturated heterocycles. The lowest BCUT2D eigenvalue weighted by atomic mass is 9.91. The lowest BCUT2D eigenvalue weighted by Crippen LogP contribution is -2.07. The quantitative estimate of drug-likeness (QED) is 0.146. The van der Waals surface area contributed by atoms with Gasteiger partial charge in [-0.1, -0.05) is 60.2 Å². The third-order valence-electron chi connectivity index (χ3n) is 6.67. The molecule has 7 nitrogen and oxygen atoms in total. The van der Waals surface area contributed by atoms with Crippen molar-refractivity contribution in [1.29, 1.82) is 0 Å². The van der Waals surface area contributed by atoms with Gasteiger partial charge in [0.1, 0.15) is 17.2 Å². The Hall–Kier alpha value is -5.05. The highest BCUT2D eigenvalue weighted by atomic mass is 32.2. The average Bonchev–Trinajstić information content (AvgIpc) is 3.00. The van der Waals surface area contributed by atoms with Gasteiger partial charge < -0.3 is 9.47 Å². The lowest BCUT2D eigenvalue weighted by molar-refractivity contribution is 0.103. The van der Waals surface area contributed by atoms with Gasteiger partial charge in [-0.15, -0.1) is 0 Å². The maximum atomic E-state index is 13.5. The Morgan fingerprint density at radius 2 is 1.29 bits per heavy atom. The number of rotatable bonds is 9. The van der Waals surface area contributed by atoms with E-state index < -0.39 is 15.9 Å². The Labute approximate surface area is 243 Å². The van der Waals surface area contributed by atoms with Crippen molar-refractivity contribution in [3.8, 4) is 28.4 Å². The molecule has 0 saturated carbocycles. The van der Waals surface area contributed by atoms with Gasteiger partial charge in [-0.25, -0.2) is 0 Å². The van der Waals surface area contributed by atoms with E-state index in [1.165, 1.54) is 18.2 Å². The summed E-state index contributed by atoms with van der Waals surface area (Å²) in [5.41, 5.74) is 3.64. The van der Waals surface area contributed by atoms with E-state index in [9.17, 15) is 22.6 Å². The highest BCUT2D eigenvalue weighted by molar-refractivity contribution is 7.85. The first-order valence-electron chi connectivity index (χ1n) is 12.9. The number of ketones is 2. The van der Waals surface area contributed by atoms with Crippen molar-refractivity contribution in [2.75, 3.05) is 7.11 Å². The van der Waals surface area contributed by atoms with Gasteiger partial charge in [0.2, 0.25) is 0 Å².